The second kappa shape index (κ2) is 10.3. The third-order valence-corrected chi connectivity index (χ3v) is 3.82. The average molecular weight is 374 g/mol. The number of carbonyl (C=O) groups excluding carboxylic acids is 2. The highest BCUT2D eigenvalue weighted by molar-refractivity contribution is 5.97. The van der Waals surface area contributed by atoms with Crippen molar-refractivity contribution in [2.45, 2.75) is 32.8 Å². The van der Waals surface area contributed by atoms with Crippen molar-refractivity contribution < 1.29 is 28.2 Å². The number of hydrogen-bond donors (Lipinski definition) is 0. The number of ketones is 1. The van der Waals surface area contributed by atoms with E-state index < -0.39 is 11.8 Å². The monoisotopic (exact) mass is 374 g/mol. The highest BCUT2D eigenvalue weighted by Gasteiger charge is 2.11. The van der Waals surface area contributed by atoms with Crippen molar-refractivity contribution in [2.75, 3.05) is 13.7 Å². The topological polar surface area (TPSA) is 61.8 Å². The van der Waals surface area contributed by atoms with Crippen molar-refractivity contribution in [3.05, 3.63) is 59.4 Å². The molecule has 0 aromatic heterocycles. The fourth-order valence-electron chi connectivity index (χ4n) is 2.35. The summed E-state index contributed by atoms with van der Waals surface area (Å²) in [5.41, 5.74) is 1.03. The normalized spacial score (nSPS) is 10.3. The van der Waals surface area contributed by atoms with Crippen molar-refractivity contribution in [3.8, 4) is 11.5 Å². The first-order chi connectivity index (χ1) is 13.0. The van der Waals surface area contributed by atoms with Gasteiger partial charge in [0.1, 0.15) is 12.4 Å². The van der Waals surface area contributed by atoms with Crippen LogP contribution in [0.3, 0.4) is 0 Å². The molecule has 0 atom stereocenters. The largest absolute Gasteiger partial charge is 0.494 e. The number of benzene rings is 2. The fraction of sp³-hybridized carbons (Fsp3) is 0.333. The Labute approximate surface area is 158 Å². The summed E-state index contributed by atoms with van der Waals surface area (Å²) in [5, 5.41) is 0. The van der Waals surface area contributed by atoms with Gasteiger partial charge >= 0.3 is 5.97 Å². The van der Waals surface area contributed by atoms with Crippen LogP contribution in [0.25, 0.3) is 0 Å². The van der Waals surface area contributed by atoms with Gasteiger partial charge in [0.25, 0.3) is 0 Å². The summed E-state index contributed by atoms with van der Waals surface area (Å²) in [6.45, 7) is 2.58. The molecule has 0 unspecified atom stereocenters. The number of ether oxygens (including phenoxy) is 3. The van der Waals surface area contributed by atoms with Crippen molar-refractivity contribution in [1.29, 1.82) is 0 Å². The summed E-state index contributed by atoms with van der Waals surface area (Å²) in [4.78, 5) is 24.0. The molecule has 0 radical (unpaired) electrons. The Morgan fingerprint density at radius 3 is 2.41 bits per heavy atom. The molecule has 6 heteroatoms. The van der Waals surface area contributed by atoms with Crippen LogP contribution in [-0.4, -0.2) is 25.5 Å². The van der Waals surface area contributed by atoms with Crippen molar-refractivity contribution in [2.24, 2.45) is 0 Å². The van der Waals surface area contributed by atoms with Crippen molar-refractivity contribution >= 4 is 11.8 Å². The molecule has 144 valence electrons. The van der Waals surface area contributed by atoms with Crippen LogP contribution < -0.4 is 9.47 Å². The number of hydrogen-bond acceptors (Lipinski definition) is 5. The van der Waals surface area contributed by atoms with E-state index in [1.54, 1.807) is 30.3 Å². The van der Waals surface area contributed by atoms with Gasteiger partial charge in [0, 0.05) is 12.0 Å². The molecule has 2 aromatic rings. The fourth-order valence-corrected chi connectivity index (χ4v) is 2.35. The number of Topliss-reactive ketones (excluding diaryl/α,β-unsaturated/α-hetero) is 1. The Morgan fingerprint density at radius 1 is 1.04 bits per heavy atom. The quantitative estimate of drug-likeness (QED) is 0.458. The van der Waals surface area contributed by atoms with Crippen molar-refractivity contribution in [3.63, 3.8) is 0 Å². The average Bonchev–Trinajstić information content (AvgIpc) is 2.69. The Balaban J connectivity index is 1.77. The zero-order valence-electron chi connectivity index (χ0n) is 15.5. The van der Waals surface area contributed by atoms with E-state index in [2.05, 4.69) is 0 Å². The molecule has 2 rings (SSSR count). The molecular formula is C21H23FO5. The van der Waals surface area contributed by atoms with Crippen LogP contribution >= 0.6 is 0 Å². The number of methoxy groups -OCH3 is 1. The molecule has 0 aliphatic carbocycles. The van der Waals surface area contributed by atoms with Crippen LogP contribution in [0.4, 0.5) is 4.39 Å². The molecular weight excluding hydrogens is 351 g/mol. The molecule has 0 N–H and O–H groups in total. The number of carbonyl (C=O) groups is 2. The van der Waals surface area contributed by atoms with Crippen LogP contribution in [0, 0.1) is 5.82 Å². The van der Waals surface area contributed by atoms with E-state index in [1.807, 2.05) is 6.92 Å². The minimum Gasteiger partial charge on any atom is -0.494 e. The maximum Gasteiger partial charge on any atom is 0.306 e. The lowest BCUT2D eigenvalue weighted by atomic mass is 10.1. The zero-order valence-corrected chi connectivity index (χ0v) is 15.5. The smallest absolute Gasteiger partial charge is 0.306 e. The lowest BCUT2D eigenvalue weighted by Crippen LogP contribution is -2.08. The van der Waals surface area contributed by atoms with Crippen molar-refractivity contribution in [1.82, 2.24) is 0 Å². The molecule has 0 bridgehead atoms. The molecule has 0 aliphatic rings. The SMILES string of the molecule is CCCOc1ccc(C(=O)CCC(=O)OCc2ccc(OC)c(F)c2)cc1. The van der Waals surface area contributed by atoms with E-state index in [-0.39, 0.29) is 31.0 Å². The number of esters is 1. The minimum absolute atomic E-state index is 0.0362. The number of rotatable bonds is 10. The zero-order chi connectivity index (χ0) is 19.6. The Bertz CT molecular complexity index is 771. The second-order valence-electron chi connectivity index (χ2n) is 5.93. The summed E-state index contributed by atoms with van der Waals surface area (Å²) in [7, 11) is 1.38. The van der Waals surface area contributed by atoms with Gasteiger partial charge in [-0.2, -0.15) is 0 Å². The van der Waals surface area contributed by atoms with Gasteiger partial charge in [0.15, 0.2) is 17.3 Å². The lowest BCUT2D eigenvalue weighted by molar-refractivity contribution is -0.144. The predicted molar refractivity (Wildman–Crippen MR) is 98.5 cm³/mol. The number of halogens is 1. The highest BCUT2D eigenvalue weighted by Crippen LogP contribution is 2.18. The van der Waals surface area contributed by atoms with Gasteiger partial charge in [0.2, 0.25) is 0 Å². The van der Waals surface area contributed by atoms with Gasteiger partial charge in [-0.1, -0.05) is 13.0 Å². The summed E-state index contributed by atoms with van der Waals surface area (Å²) in [6.07, 6.45) is 0.919. The van der Waals surface area contributed by atoms with E-state index in [9.17, 15) is 14.0 Å². The summed E-state index contributed by atoms with van der Waals surface area (Å²) < 4.78 is 29.0. The molecule has 0 saturated carbocycles. The molecule has 5 nitrogen and oxygen atoms in total. The maximum atomic E-state index is 13.6. The molecule has 0 fully saturated rings. The molecule has 0 amide bonds. The van der Waals surface area contributed by atoms with Crippen LogP contribution in [0.15, 0.2) is 42.5 Å². The van der Waals surface area contributed by atoms with Gasteiger partial charge in [-0.05, 0) is 48.4 Å². The first-order valence-corrected chi connectivity index (χ1v) is 8.77. The third-order valence-electron chi connectivity index (χ3n) is 3.82. The standard InChI is InChI=1S/C21H23FO5/c1-3-12-26-17-7-5-16(6-8-17)19(23)9-11-21(24)27-14-15-4-10-20(25-2)18(22)13-15/h4-8,10,13H,3,9,11-12,14H2,1-2H3. The molecule has 27 heavy (non-hydrogen) atoms. The van der Waals surface area contributed by atoms with Crippen LogP contribution in [0.1, 0.15) is 42.1 Å². The minimum atomic E-state index is -0.521. The Hall–Kier alpha value is -2.89. The third kappa shape index (κ3) is 6.40. The predicted octanol–water partition coefficient (Wildman–Crippen LogP) is 4.33. The maximum absolute atomic E-state index is 13.6. The summed E-state index contributed by atoms with van der Waals surface area (Å²) >= 11 is 0. The molecule has 0 spiro atoms. The molecule has 0 aliphatic heterocycles. The van der Waals surface area contributed by atoms with Gasteiger partial charge in [-0.15, -0.1) is 0 Å². The Morgan fingerprint density at radius 2 is 1.78 bits per heavy atom. The van der Waals surface area contributed by atoms with E-state index in [4.69, 9.17) is 14.2 Å². The van der Waals surface area contributed by atoms with E-state index >= 15 is 0 Å². The highest BCUT2D eigenvalue weighted by atomic mass is 19.1. The molecule has 0 saturated heterocycles. The molecule has 2 aromatic carbocycles. The van der Waals surface area contributed by atoms with Gasteiger partial charge in [0.05, 0.1) is 20.1 Å². The van der Waals surface area contributed by atoms with E-state index in [0.29, 0.717) is 23.5 Å². The summed E-state index contributed by atoms with van der Waals surface area (Å²) in [5.74, 6) is -0.346. The first-order valence-electron chi connectivity index (χ1n) is 8.77. The van der Waals surface area contributed by atoms with Gasteiger partial charge < -0.3 is 14.2 Å². The van der Waals surface area contributed by atoms with E-state index in [0.717, 1.165) is 6.42 Å². The molecule has 0 heterocycles. The van der Waals surface area contributed by atoms with Crippen LogP contribution in [-0.2, 0) is 16.1 Å². The van der Waals surface area contributed by atoms with Crippen LogP contribution in [0.2, 0.25) is 0 Å². The first kappa shape index (κ1) is 20.4. The Kier molecular flexibility index (Phi) is 7.79. The van der Waals surface area contributed by atoms with Gasteiger partial charge in [-0.3, -0.25) is 9.59 Å². The van der Waals surface area contributed by atoms with E-state index in [1.165, 1.54) is 19.2 Å². The van der Waals surface area contributed by atoms with Gasteiger partial charge in [-0.25, -0.2) is 4.39 Å². The second-order valence-corrected chi connectivity index (χ2v) is 5.93. The summed E-state index contributed by atoms with van der Waals surface area (Å²) in [6, 6.07) is 11.2. The van der Waals surface area contributed by atoms with Crippen LogP contribution in [0.5, 0.6) is 11.5 Å². The lowest BCUT2D eigenvalue weighted by Gasteiger charge is -2.07.